The first-order chi connectivity index (χ1) is 12.9. The Bertz CT molecular complexity index is 1130. The molecule has 6 nitrogen and oxygen atoms in total. The maximum atomic E-state index is 12.4. The summed E-state index contributed by atoms with van der Waals surface area (Å²) in [4.78, 5) is 16.9. The molecule has 0 fully saturated rings. The van der Waals surface area contributed by atoms with Gasteiger partial charge in [-0.2, -0.15) is 4.72 Å². The highest BCUT2D eigenvalue weighted by Gasteiger charge is 2.15. The maximum absolute atomic E-state index is 12.4. The Morgan fingerprint density at radius 1 is 1.22 bits per heavy atom. The second-order valence-electron chi connectivity index (χ2n) is 5.68. The van der Waals surface area contributed by atoms with Crippen molar-refractivity contribution in [2.75, 3.05) is 11.9 Å². The number of carbonyl (C=O) groups is 1. The molecule has 27 heavy (non-hydrogen) atoms. The zero-order valence-corrected chi connectivity index (χ0v) is 16.2. The Labute approximate surface area is 161 Å². The molecule has 0 radical (unpaired) electrons. The van der Waals surface area contributed by atoms with Crippen LogP contribution < -0.4 is 10.0 Å². The first-order valence-corrected chi connectivity index (χ1v) is 10.5. The molecule has 0 spiro atoms. The van der Waals surface area contributed by atoms with Crippen LogP contribution in [0.25, 0.3) is 10.2 Å². The van der Waals surface area contributed by atoms with Gasteiger partial charge in [0.2, 0.25) is 10.0 Å². The smallest absolute Gasteiger partial charge is 0.257 e. The summed E-state index contributed by atoms with van der Waals surface area (Å²) in [5.74, 6) is 1.85. The normalized spacial score (nSPS) is 11.3. The average molecular weight is 399 g/mol. The molecule has 8 heteroatoms. The van der Waals surface area contributed by atoms with Gasteiger partial charge in [0, 0.05) is 5.56 Å². The number of hydrogen-bond donors (Lipinski definition) is 2. The van der Waals surface area contributed by atoms with Crippen LogP contribution in [0.2, 0.25) is 0 Å². The number of aromatic nitrogens is 1. The van der Waals surface area contributed by atoms with Gasteiger partial charge in [0.25, 0.3) is 5.91 Å². The summed E-state index contributed by atoms with van der Waals surface area (Å²) >= 11 is 1.40. The molecular weight excluding hydrogens is 382 g/mol. The highest BCUT2D eigenvalue weighted by Crippen LogP contribution is 2.27. The number of terminal acetylenes is 1. The van der Waals surface area contributed by atoms with Gasteiger partial charge in [0.1, 0.15) is 0 Å². The Kier molecular flexibility index (Phi) is 5.56. The highest BCUT2D eigenvalue weighted by molar-refractivity contribution is 7.89. The summed E-state index contributed by atoms with van der Waals surface area (Å²) in [6.45, 7) is 1.98. The second-order valence-corrected chi connectivity index (χ2v) is 8.48. The number of nitrogens with zero attached hydrogens (tertiary/aromatic N) is 1. The molecule has 138 valence electrons. The SMILES string of the molecule is C#CCNS(=O)(=O)c1ccc(C(=O)Nc2nc3ccc(CC)cc3s2)cc1. The standard InChI is InChI=1S/C19H17N3O3S2/c1-3-11-20-27(24,25)15-8-6-14(7-9-15)18(23)22-19-21-16-10-5-13(4-2)12-17(16)26-19/h1,5-10,12,20H,4,11H2,2H3,(H,21,22,23). The first-order valence-electron chi connectivity index (χ1n) is 8.17. The highest BCUT2D eigenvalue weighted by atomic mass is 32.2. The average Bonchev–Trinajstić information content (AvgIpc) is 3.07. The quantitative estimate of drug-likeness (QED) is 0.624. The van der Waals surface area contributed by atoms with E-state index in [0.717, 1.165) is 16.6 Å². The van der Waals surface area contributed by atoms with Crippen LogP contribution in [0.3, 0.4) is 0 Å². The minimum Gasteiger partial charge on any atom is -0.298 e. The van der Waals surface area contributed by atoms with E-state index in [1.807, 2.05) is 12.1 Å². The van der Waals surface area contributed by atoms with Gasteiger partial charge in [0.05, 0.1) is 21.7 Å². The van der Waals surface area contributed by atoms with E-state index in [1.165, 1.54) is 41.2 Å². The molecule has 3 aromatic rings. The summed E-state index contributed by atoms with van der Waals surface area (Å²) in [6.07, 6.45) is 5.99. The number of anilines is 1. The van der Waals surface area contributed by atoms with Crippen molar-refractivity contribution in [2.45, 2.75) is 18.2 Å². The van der Waals surface area contributed by atoms with E-state index in [2.05, 4.69) is 33.9 Å². The molecule has 0 aliphatic rings. The molecule has 2 aromatic carbocycles. The minimum absolute atomic E-state index is 0.0429. The lowest BCUT2D eigenvalue weighted by Crippen LogP contribution is -2.24. The lowest BCUT2D eigenvalue weighted by Gasteiger charge is -2.05. The molecule has 1 heterocycles. The fourth-order valence-corrected chi connectivity index (χ4v) is 4.28. The third-order valence-electron chi connectivity index (χ3n) is 3.87. The van der Waals surface area contributed by atoms with E-state index in [1.54, 1.807) is 0 Å². The summed E-state index contributed by atoms with van der Waals surface area (Å²) < 4.78 is 27.3. The van der Waals surface area contributed by atoms with Gasteiger partial charge < -0.3 is 0 Å². The van der Waals surface area contributed by atoms with Crippen LogP contribution >= 0.6 is 11.3 Å². The van der Waals surface area contributed by atoms with Gasteiger partial charge in [-0.25, -0.2) is 13.4 Å². The predicted octanol–water partition coefficient (Wildman–Crippen LogP) is 3.02. The fourth-order valence-electron chi connectivity index (χ4n) is 2.42. The number of thiazole rings is 1. The molecular formula is C19H17N3O3S2. The van der Waals surface area contributed by atoms with Crippen molar-refractivity contribution in [2.24, 2.45) is 0 Å². The monoisotopic (exact) mass is 399 g/mol. The van der Waals surface area contributed by atoms with Crippen LogP contribution in [0, 0.1) is 12.3 Å². The number of fused-ring (bicyclic) bond motifs is 1. The van der Waals surface area contributed by atoms with E-state index < -0.39 is 10.0 Å². The van der Waals surface area contributed by atoms with Crippen LogP contribution in [-0.4, -0.2) is 25.9 Å². The molecule has 1 amide bonds. The Balaban J connectivity index is 1.75. The van der Waals surface area contributed by atoms with Gasteiger partial charge in [-0.05, 0) is 48.4 Å². The Morgan fingerprint density at radius 3 is 2.63 bits per heavy atom. The number of amides is 1. The van der Waals surface area contributed by atoms with E-state index >= 15 is 0 Å². The molecule has 3 rings (SSSR count). The van der Waals surface area contributed by atoms with Gasteiger partial charge in [-0.3, -0.25) is 10.1 Å². The van der Waals surface area contributed by atoms with Crippen LogP contribution in [0.5, 0.6) is 0 Å². The molecule has 2 N–H and O–H groups in total. The predicted molar refractivity (Wildman–Crippen MR) is 107 cm³/mol. The van der Waals surface area contributed by atoms with Gasteiger partial charge >= 0.3 is 0 Å². The van der Waals surface area contributed by atoms with Gasteiger partial charge in [-0.1, -0.05) is 30.2 Å². The lowest BCUT2D eigenvalue weighted by atomic mass is 10.2. The van der Waals surface area contributed by atoms with Crippen LogP contribution in [-0.2, 0) is 16.4 Å². The molecule has 1 aromatic heterocycles. The molecule has 0 unspecified atom stereocenters. The summed E-state index contributed by atoms with van der Waals surface area (Å²) in [5, 5.41) is 3.25. The summed E-state index contributed by atoms with van der Waals surface area (Å²) in [5.41, 5.74) is 2.37. The number of benzene rings is 2. The number of nitrogens with one attached hydrogen (secondary N) is 2. The number of rotatable bonds is 6. The molecule has 0 atom stereocenters. The van der Waals surface area contributed by atoms with Crippen molar-refractivity contribution < 1.29 is 13.2 Å². The molecule has 0 bridgehead atoms. The van der Waals surface area contributed by atoms with Crippen molar-refractivity contribution in [3.05, 3.63) is 53.6 Å². The number of aryl methyl sites for hydroxylation is 1. The first kappa shape index (κ1) is 19.0. The van der Waals surface area contributed by atoms with Crippen molar-refractivity contribution in [3.8, 4) is 12.3 Å². The summed E-state index contributed by atoms with van der Waals surface area (Å²) in [7, 11) is -3.68. The van der Waals surface area contributed by atoms with Crippen molar-refractivity contribution in [3.63, 3.8) is 0 Å². The minimum atomic E-state index is -3.68. The van der Waals surface area contributed by atoms with E-state index in [-0.39, 0.29) is 17.3 Å². The topological polar surface area (TPSA) is 88.2 Å². The molecule has 0 aliphatic carbocycles. The Hall–Kier alpha value is -2.73. The lowest BCUT2D eigenvalue weighted by molar-refractivity contribution is 0.102. The number of carbonyl (C=O) groups excluding carboxylic acids is 1. The van der Waals surface area contributed by atoms with Crippen LogP contribution in [0.4, 0.5) is 5.13 Å². The third kappa shape index (κ3) is 4.34. The van der Waals surface area contributed by atoms with Gasteiger partial charge in [0.15, 0.2) is 5.13 Å². The number of sulfonamides is 1. The maximum Gasteiger partial charge on any atom is 0.257 e. The molecule has 0 saturated carbocycles. The van der Waals surface area contributed by atoms with Crippen molar-refractivity contribution >= 4 is 42.6 Å². The zero-order valence-electron chi connectivity index (χ0n) is 14.5. The fraction of sp³-hybridized carbons (Fsp3) is 0.158. The Morgan fingerprint density at radius 2 is 1.96 bits per heavy atom. The third-order valence-corrected chi connectivity index (χ3v) is 6.22. The van der Waals surface area contributed by atoms with E-state index in [0.29, 0.717) is 10.7 Å². The van der Waals surface area contributed by atoms with Crippen LogP contribution in [0.1, 0.15) is 22.8 Å². The largest absolute Gasteiger partial charge is 0.298 e. The van der Waals surface area contributed by atoms with Crippen LogP contribution in [0.15, 0.2) is 47.4 Å². The van der Waals surface area contributed by atoms with E-state index in [4.69, 9.17) is 6.42 Å². The van der Waals surface area contributed by atoms with E-state index in [9.17, 15) is 13.2 Å². The number of hydrogen-bond acceptors (Lipinski definition) is 5. The van der Waals surface area contributed by atoms with Gasteiger partial charge in [-0.15, -0.1) is 6.42 Å². The summed E-state index contributed by atoms with van der Waals surface area (Å²) in [6, 6.07) is 11.6. The zero-order chi connectivity index (χ0) is 19.4. The molecule has 0 saturated heterocycles. The van der Waals surface area contributed by atoms with Crippen molar-refractivity contribution in [1.29, 1.82) is 0 Å². The second kappa shape index (κ2) is 7.88. The van der Waals surface area contributed by atoms with Crippen molar-refractivity contribution in [1.82, 2.24) is 9.71 Å². The molecule has 0 aliphatic heterocycles.